The molecule has 7 nitrogen and oxygen atoms in total. The van der Waals surface area contributed by atoms with Crippen LogP contribution < -0.4 is 4.72 Å². The van der Waals surface area contributed by atoms with E-state index < -0.39 is 10.0 Å². The van der Waals surface area contributed by atoms with E-state index in [2.05, 4.69) is 34.5 Å². The van der Waals surface area contributed by atoms with Gasteiger partial charge in [0.25, 0.3) is 10.0 Å². The summed E-state index contributed by atoms with van der Waals surface area (Å²) >= 11 is 10.5. The number of halogens is 2. The molecule has 4 rings (SSSR count). The number of hydrogen-bond acceptors (Lipinski definition) is 6. The van der Waals surface area contributed by atoms with Crippen molar-refractivity contribution < 1.29 is 8.42 Å². The van der Waals surface area contributed by atoms with Crippen molar-refractivity contribution >= 4 is 66.1 Å². The van der Waals surface area contributed by atoms with Crippen LogP contribution in [0.4, 0.5) is 5.82 Å². The fraction of sp³-hybridized carbons (Fsp3) is 0.0625. The molecule has 138 valence electrons. The summed E-state index contributed by atoms with van der Waals surface area (Å²) in [7, 11) is -3.88. The van der Waals surface area contributed by atoms with Crippen molar-refractivity contribution in [1.82, 2.24) is 18.5 Å². The quantitative estimate of drug-likeness (QED) is 0.459. The zero-order valence-corrected chi connectivity index (χ0v) is 17.5. The van der Waals surface area contributed by atoms with Gasteiger partial charge in [-0.2, -0.15) is 13.8 Å². The minimum atomic E-state index is -3.88. The number of fused-ring (bicyclic) bond motifs is 1. The SMILES string of the molecule is O=S(=O)(Nc1nn(Cc2ccccc2Cl)cc1Br)c1cccc2nsnc12. The topological polar surface area (TPSA) is 89.8 Å². The lowest BCUT2D eigenvalue weighted by Crippen LogP contribution is -2.14. The van der Waals surface area contributed by atoms with Crippen LogP contribution in [-0.4, -0.2) is 26.9 Å². The molecule has 0 radical (unpaired) electrons. The molecule has 0 saturated heterocycles. The van der Waals surface area contributed by atoms with Crippen LogP contribution in [0.15, 0.2) is 58.0 Å². The maximum Gasteiger partial charge on any atom is 0.265 e. The van der Waals surface area contributed by atoms with Gasteiger partial charge in [-0.15, -0.1) is 0 Å². The first-order valence-corrected chi connectivity index (χ1v) is 11.0. The van der Waals surface area contributed by atoms with Crippen LogP contribution in [-0.2, 0) is 16.6 Å². The molecular weight excluding hydrogens is 474 g/mol. The third-order valence-corrected chi connectivity index (χ3v) is 6.64. The first-order valence-electron chi connectivity index (χ1n) is 7.64. The molecule has 11 heteroatoms. The van der Waals surface area contributed by atoms with Crippen molar-refractivity contribution in [3.63, 3.8) is 0 Å². The van der Waals surface area contributed by atoms with E-state index in [0.717, 1.165) is 17.3 Å². The predicted octanol–water partition coefficient (Wildman–Crippen LogP) is 4.15. The molecule has 0 atom stereocenters. The van der Waals surface area contributed by atoms with Crippen molar-refractivity contribution in [2.75, 3.05) is 4.72 Å². The van der Waals surface area contributed by atoms with E-state index in [-0.39, 0.29) is 10.7 Å². The number of rotatable bonds is 5. The average Bonchev–Trinajstić information content (AvgIpc) is 3.23. The summed E-state index contributed by atoms with van der Waals surface area (Å²) in [6.07, 6.45) is 1.69. The summed E-state index contributed by atoms with van der Waals surface area (Å²) in [5.74, 6) is 0.183. The molecule has 0 bridgehead atoms. The van der Waals surface area contributed by atoms with E-state index in [1.54, 1.807) is 29.1 Å². The molecule has 2 aromatic carbocycles. The molecule has 1 N–H and O–H groups in total. The maximum atomic E-state index is 12.8. The molecule has 0 amide bonds. The molecule has 2 heterocycles. The molecule has 0 aliphatic carbocycles. The van der Waals surface area contributed by atoms with Crippen LogP contribution in [0.2, 0.25) is 5.02 Å². The van der Waals surface area contributed by atoms with Gasteiger partial charge in [0.1, 0.15) is 15.9 Å². The molecule has 0 unspecified atom stereocenters. The Morgan fingerprint density at radius 1 is 1.15 bits per heavy atom. The van der Waals surface area contributed by atoms with Crippen molar-refractivity contribution in [3.05, 3.63) is 63.7 Å². The molecule has 0 spiro atoms. The Morgan fingerprint density at radius 2 is 1.96 bits per heavy atom. The van der Waals surface area contributed by atoms with Gasteiger partial charge in [-0.25, -0.2) is 8.42 Å². The fourth-order valence-electron chi connectivity index (χ4n) is 2.53. The first kappa shape index (κ1) is 18.4. The molecule has 2 aromatic heterocycles. The number of benzene rings is 2. The lowest BCUT2D eigenvalue weighted by Gasteiger charge is -2.07. The van der Waals surface area contributed by atoms with Gasteiger partial charge < -0.3 is 0 Å². The highest BCUT2D eigenvalue weighted by atomic mass is 79.9. The van der Waals surface area contributed by atoms with Gasteiger partial charge in [0.15, 0.2) is 5.82 Å². The van der Waals surface area contributed by atoms with Gasteiger partial charge in [-0.1, -0.05) is 35.9 Å². The minimum absolute atomic E-state index is 0.0568. The van der Waals surface area contributed by atoms with Gasteiger partial charge >= 0.3 is 0 Å². The van der Waals surface area contributed by atoms with Gasteiger partial charge in [0, 0.05) is 11.2 Å². The largest absolute Gasteiger partial charge is 0.265 e. The second-order valence-corrected chi connectivity index (χ2v) is 9.05. The monoisotopic (exact) mass is 483 g/mol. The van der Waals surface area contributed by atoms with Crippen LogP contribution in [0.1, 0.15) is 5.56 Å². The average molecular weight is 485 g/mol. The van der Waals surface area contributed by atoms with Crippen LogP contribution in [0.3, 0.4) is 0 Å². The van der Waals surface area contributed by atoms with Crippen molar-refractivity contribution in [2.24, 2.45) is 0 Å². The third kappa shape index (κ3) is 3.70. The van der Waals surface area contributed by atoms with Crippen LogP contribution in [0, 0.1) is 0 Å². The molecule has 0 saturated carbocycles. The van der Waals surface area contributed by atoms with Crippen molar-refractivity contribution in [3.8, 4) is 0 Å². The lowest BCUT2D eigenvalue weighted by molar-refractivity contribution is 0.601. The molecule has 0 aliphatic rings. The molecular formula is C16H11BrClN5O2S2. The molecule has 4 aromatic rings. The van der Waals surface area contributed by atoms with Crippen LogP contribution in [0.25, 0.3) is 11.0 Å². The van der Waals surface area contributed by atoms with Gasteiger partial charge in [-0.3, -0.25) is 9.40 Å². The Kier molecular flexibility index (Phi) is 4.89. The maximum absolute atomic E-state index is 12.8. The summed E-state index contributed by atoms with van der Waals surface area (Å²) in [5.41, 5.74) is 1.75. The van der Waals surface area contributed by atoms with Crippen molar-refractivity contribution in [2.45, 2.75) is 11.4 Å². The molecule has 0 aliphatic heterocycles. The fourth-order valence-corrected chi connectivity index (χ4v) is 5.06. The van der Waals surface area contributed by atoms with Crippen LogP contribution in [0.5, 0.6) is 0 Å². The molecule has 27 heavy (non-hydrogen) atoms. The summed E-state index contributed by atoms with van der Waals surface area (Å²) in [6, 6.07) is 12.2. The number of sulfonamides is 1. The summed E-state index contributed by atoms with van der Waals surface area (Å²) in [4.78, 5) is 0.0568. The lowest BCUT2D eigenvalue weighted by atomic mass is 10.2. The van der Waals surface area contributed by atoms with E-state index in [9.17, 15) is 8.42 Å². The summed E-state index contributed by atoms with van der Waals surface area (Å²) in [5, 5.41) is 4.93. The normalized spacial score (nSPS) is 11.8. The van der Waals surface area contributed by atoms with E-state index in [0.29, 0.717) is 27.1 Å². The highest BCUT2D eigenvalue weighted by Crippen LogP contribution is 2.27. The number of hydrogen-bond donors (Lipinski definition) is 1. The Bertz CT molecular complexity index is 1240. The van der Waals surface area contributed by atoms with Crippen molar-refractivity contribution in [1.29, 1.82) is 0 Å². The number of anilines is 1. The van der Waals surface area contributed by atoms with Gasteiger partial charge in [-0.05, 0) is 39.7 Å². The standard InChI is InChI=1S/C16H11BrClN5O2S2/c17-11-9-23(8-10-4-1-2-5-12(10)18)19-16(11)22-27(24,25)14-7-3-6-13-15(14)21-26-20-13/h1-7,9H,8H2,(H,19,22). The highest BCUT2D eigenvalue weighted by molar-refractivity contribution is 9.10. The van der Waals surface area contributed by atoms with Gasteiger partial charge in [0.05, 0.1) is 22.7 Å². The Morgan fingerprint density at radius 3 is 2.78 bits per heavy atom. The first-order chi connectivity index (χ1) is 12.9. The minimum Gasteiger partial charge on any atom is -0.265 e. The summed E-state index contributed by atoms with van der Waals surface area (Å²) in [6.45, 7) is 0.408. The molecule has 0 fully saturated rings. The van der Waals surface area contributed by atoms with Crippen LogP contribution >= 0.6 is 39.3 Å². The smallest absolute Gasteiger partial charge is 0.265 e. The second-order valence-electron chi connectivity index (χ2n) is 5.61. The predicted molar refractivity (Wildman–Crippen MR) is 109 cm³/mol. The van der Waals surface area contributed by atoms with E-state index in [1.807, 2.05) is 18.2 Å². The number of aromatic nitrogens is 4. The Balaban J connectivity index is 1.64. The number of nitrogens with one attached hydrogen (secondary N) is 1. The zero-order valence-electron chi connectivity index (χ0n) is 13.5. The second kappa shape index (κ2) is 7.19. The van der Waals surface area contributed by atoms with E-state index >= 15 is 0 Å². The van der Waals surface area contributed by atoms with E-state index in [1.165, 1.54) is 6.07 Å². The van der Waals surface area contributed by atoms with E-state index in [4.69, 9.17) is 11.6 Å². The summed E-state index contributed by atoms with van der Waals surface area (Å²) < 4.78 is 38.4. The number of nitrogens with zero attached hydrogens (tertiary/aromatic N) is 4. The Hall–Kier alpha value is -2.01. The van der Waals surface area contributed by atoms with Gasteiger partial charge in [0.2, 0.25) is 0 Å². The Labute approximate surface area is 172 Å². The highest BCUT2D eigenvalue weighted by Gasteiger charge is 2.22. The third-order valence-electron chi connectivity index (χ3n) is 3.78. The zero-order chi connectivity index (χ0) is 19.0.